The van der Waals surface area contributed by atoms with Crippen LogP contribution in [0.5, 0.6) is 0 Å². The van der Waals surface area contributed by atoms with Crippen LogP contribution in [0.3, 0.4) is 0 Å². The van der Waals surface area contributed by atoms with E-state index in [2.05, 4.69) is 24.5 Å². The predicted molar refractivity (Wildman–Crippen MR) is 53.6 cm³/mol. The molecule has 0 saturated heterocycles. The maximum Gasteiger partial charge on any atom is 0.314 e. The second kappa shape index (κ2) is 4.49. The van der Waals surface area contributed by atoms with Gasteiger partial charge in [-0.25, -0.2) is 4.79 Å². The molecule has 1 aliphatic carbocycles. The lowest BCUT2D eigenvalue weighted by Gasteiger charge is -2.36. The molecule has 0 radical (unpaired) electrons. The van der Waals surface area contributed by atoms with Gasteiger partial charge in [0.05, 0.1) is 0 Å². The normalized spacial score (nSPS) is 26.8. The SMILES string of the molecule is CNC(=O)NC1CC(CC(C)C)C1. The molecular weight excluding hydrogens is 164 g/mol. The van der Waals surface area contributed by atoms with Crippen molar-refractivity contribution in [2.45, 2.75) is 39.2 Å². The molecule has 0 aromatic heterocycles. The lowest BCUT2D eigenvalue weighted by Crippen LogP contribution is -2.47. The quantitative estimate of drug-likeness (QED) is 0.689. The molecule has 0 unspecified atom stereocenters. The van der Waals surface area contributed by atoms with Crippen LogP contribution < -0.4 is 10.6 Å². The summed E-state index contributed by atoms with van der Waals surface area (Å²) in [5, 5.41) is 5.49. The Hall–Kier alpha value is -0.730. The third kappa shape index (κ3) is 3.25. The van der Waals surface area contributed by atoms with E-state index in [4.69, 9.17) is 0 Å². The van der Waals surface area contributed by atoms with Crippen molar-refractivity contribution in [3.63, 3.8) is 0 Å². The van der Waals surface area contributed by atoms with Gasteiger partial charge in [0.1, 0.15) is 0 Å². The van der Waals surface area contributed by atoms with Gasteiger partial charge in [0.25, 0.3) is 0 Å². The minimum absolute atomic E-state index is 0.0482. The summed E-state index contributed by atoms with van der Waals surface area (Å²) in [5.41, 5.74) is 0. The monoisotopic (exact) mass is 184 g/mol. The van der Waals surface area contributed by atoms with E-state index in [-0.39, 0.29) is 6.03 Å². The first kappa shape index (κ1) is 10.4. The highest BCUT2D eigenvalue weighted by Crippen LogP contribution is 2.32. The summed E-state index contributed by atoms with van der Waals surface area (Å²) in [5.74, 6) is 1.62. The Labute approximate surface area is 80.3 Å². The molecule has 13 heavy (non-hydrogen) atoms. The number of urea groups is 1. The molecule has 3 nitrogen and oxygen atoms in total. The Kier molecular flexibility index (Phi) is 3.58. The number of amides is 2. The molecule has 1 rings (SSSR count). The molecule has 3 heteroatoms. The summed E-state index contributed by atoms with van der Waals surface area (Å²) in [6.07, 6.45) is 3.61. The van der Waals surface area contributed by atoms with E-state index in [1.165, 1.54) is 6.42 Å². The van der Waals surface area contributed by atoms with Gasteiger partial charge >= 0.3 is 6.03 Å². The van der Waals surface area contributed by atoms with Crippen molar-refractivity contribution in [2.24, 2.45) is 11.8 Å². The molecule has 0 spiro atoms. The molecule has 0 aromatic rings. The third-order valence-electron chi connectivity index (χ3n) is 2.60. The van der Waals surface area contributed by atoms with Crippen molar-refractivity contribution < 1.29 is 4.79 Å². The standard InChI is InChI=1S/C10H20N2O/c1-7(2)4-8-5-9(6-8)12-10(13)11-3/h7-9H,4-6H2,1-3H3,(H2,11,12,13). The lowest BCUT2D eigenvalue weighted by molar-refractivity contribution is 0.186. The Morgan fingerprint density at radius 1 is 1.46 bits per heavy atom. The first-order chi connectivity index (χ1) is 6.11. The second-order valence-electron chi connectivity index (χ2n) is 4.39. The number of hydrogen-bond acceptors (Lipinski definition) is 1. The summed E-state index contributed by atoms with van der Waals surface area (Å²) < 4.78 is 0. The Balaban J connectivity index is 2.08. The van der Waals surface area contributed by atoms with Gasteiger partial charge in [-0.05, 0) is 31.1 Å². The Morgan fingerprint density at radius 2 is 2.08 bits per heavy atom. The first-order valence-electron chi connectivity index (χ1n) is 5.10. The molecule has 0 aliphatic heterocycles. The molecule has 0 aromatic carbocycles. The van der Waals surface area contributed by atoms with Gasteiger partial charge in [0.2, 0.25) is 0 Å². The zero-order chi connectivity index (χ0) is 9.84. The molecule has 1 fully saturated rings. The largest absolute Gasteiger partial charge is 0.341 e. The smallest absolute Gasteiger partial charge is 0.314 e. The average Bonchev–Trinajstić information content (AvgIpc) is 1.99. The molecule has 0 bridgehead atoms. The number of rotatable bonds is 3. The molecule has 2 N–H and O–H groups in total. The summed E-state index contributed by atoms with van der Waals surface area (Å²) in [7, 11) is 1.65. The highest BCUT2D eigenvalue weighted by molar-refractivity contribution is 5.73. The maximum atomic E-state index is 10.9. The number of nitrogens with one attached hydrogen (secondary N) is 2. The first-order valence-corrected chi connectivity index (χ1v) is 5.10. The van der Waals surface area contributed by atoms with Gasteiger partial charge in [-0.15, -0.1) is 0 Å². The van der Waals surface area contributed by atoms with Crippen LogP contribution in [-0.4, -0.2) is 19.1 Å². The highest BCUT2D eigenvalue weighted by Gasteiger charge is 2.30. The van der Waals surface area contributed by atoms with Crippen LogP contribution in [0.2, 0.25) is 0 Å². The van der Waals surface area contributed by atoms with Gasteiger partial charge in [-0.3, -0.25) is 0 Å². The van der Waals surface area contributed by atoms with Crippen molar-refractivity contribution in [2.75, 3.05) is 7.05 Å². The number of carbonyl (C=O) groups is 1. The molecule has 0 atom stereocenters. The van der Waals surface area contributed by atoms with Crippen LogP contribution >= 0.6 is 0 Å². The maximum absolute atomic E-state index is 10.9. The van der Waals surface area contributed by atoms with E-state index in [9.17, 15) is 4.79 Å². The van der Waals surface area contributed by atoms with Crippen LogP contribution in [0.25, 0.3) is 0 Å². The van der Waals surface area contributed by atoms with Gasteiger partial charge in [0, 0.05) is 13.1 Å². The summed E-state index contributed by atoms with van der Waals surface area (Å²) >= 11 is 0. The zero-order valence-electron chi connectivity index (χ0n) is 8.76. The van der Waals surface area contributed by atoms with Crippen LogP contribution in [0, 0.1) is 11.8 Å². The van der Waals surface area contributed by atoms with Crippen LogP contribution in [0.1, 0.15) is 33.1 Å². The molecule has 1 aliphatic rings. The Morgan fingerprint density at radius 3 is 2.54 bits per heavy atom. The highest BCUT2D eigenvalue weighted by atomic mass is 16.2. The van der Waals surface area contributed by atoms with Crippen molar-refractivity contribution in [1.82, 2.24) is 10.6 Å². The third-order valence-corrected chi connectivity index (χ3v) is 2.60. The Bertz CT molecular complexity index is 174. The fourth-order valence-corrected chi connectivity index (χ4v) is 1.97. The van der Waals surface area contributed by atoms with E-state index >= 15 is 0 Å². The van der Waals surface area contributed by atoms with Crippen molar-refractivity contribution in [3.8, 4) is 0 Å². The van der Waals surface area contributed by atoms with E-state index in [1.54, 1.807) is 7.05 Å². The molecule has 2 amide bonds. The number of carbonyl (C=O) groups excluding carboxylic acids is 1. The van der Waals surface area contributed by atoms with Gasteiger partial charge in [-0.1, -0.05) is 13.8 Å². The molecule has 76 valence electrons. The minimum atomic E-state index is -0.0482. The fourth-order valence-electron chi connectivity index (χ4n) is 1.97. The van der Waals surface area contributed by atoms with Crippen molar-refractivity contribution >= 4 is 6.03 Å². The summed E-state index contributed by atoms with van der Waals surface area (Å²) in [6.45, 7) is 4.50. The van der Waals surface area contributed by atoms with Crippen molar-refractivity contribution in [3.05, 3.63) is 0 Å². The number of hydrogen-bond donors (Lipinski definition) is 2. The molecule has 1 saturated carbocycles. The van der Waals surface area contributed by atoms with Crippen molar-refractivity contribution in [1.29, 1.82) is 0 Å². The second-order valence-corrected chi connectivity index (χ2v) is 4.39. The van der Waals surface area contributed by atoms with Crippen LogP contribution in [-0.2, 0) is 0 Å². The zero-order valence-corrected chi connectivity index (χ0v) is 8.76. The van der Waals surface area contributed by atoms with E-state index < -0.39 is 0 Å². The predicted octanol–water partition coefficient (Wildman–Crippen LogP) is 1.74. The van der Waals surface area contributed by atoms with Gasteiger partial charge in [0.15, 0.2) is 0 Å². The summed E-state index contributed by atoms with van der Waals surface area (Å²) in [4.78, 5) is 10.9. The van der Waals surface area contributed by atoms with Gasteiger partial charge in [-0.2, -0.15) is 0 Å². The lowest BCUT2D eigenvalue weighted by atomic mass is 9.76. The fraction of sp³-hybridized carbons (Fsp3) is 0.900. The molecule has 0 heterocycles. The van der Waals surface area contributed by atoms with Crippen LogP contribution in [0.15, 0.2) is 0 Å². The van der Waals surface area contributed by atoms with Crippen LogP contribution in [0.4, 0.5) is 4.79 Å². The minimum Gasteiger partial charge on any atom is -0.341 e. The van der Waals surface area contributed by atoms with E-state index in [1.807, 2.05) is 0 Å². The van der Waals surface area contributed by atoms with E-state index in [0.29, 0.717) is 6.04 Å². The summed E-state index contributed by atoms with van der Waals surface area (Å²) in [6, 6.07) is 0.372. The average molecular weight is 184 g/mol. The van der Waals surface area contributed by atoms with Gasteiger partial charge < -0.3 is 10.6 Å². The van der Waals surface area contributed by atoms with E-state index in [0.717, 1.165) is 24.7 Å². The topological polar surface area (TPSA) is 41.1 Å². The molecular formula is C10H20N2O.